The lowest BCUT2D eigenvalue weighted by molar-refractivity contribution is 0.145. The second-order valence-corrected chi connectivity index (χ2v) is 6.82. The van der Waals surface area contributed by atoms with Gasteiger partial charge in [0.15, 0.2) is 11.8 Å². The molecule has 2 N–H and O–H groups in total. The Morgan fingerprint density at radius 2 is 1.97 bits per heavy atom. The molecule has 0 saturated carbocycles. The molecule has 31 heavy (non-hydrogen) atoms. The summed E-state index contributed by atoms with van der Waals surface area (Å²) in [4.78, 5) is 9.13. The van der Waals surface area contributed by atoms with E-state index in [2.05, 4.69) is 20.7 Å². The van der Waals surface area contributed by atoms with Gasteiger partial charge in [0.1, 0.15) is 5.75 Å². The molecule has 0 fully saturated rings. The fourth-order valence-electron chi connectivity index (χ4n) is 2.89. The number of aromatic nitrogens is 3. The van der Waals surface area contributed by atoms with E-state index in [-0.39, 0.29) is 0 Å². The molecule has 0 aliphatic rings. The fraction of sp³-hybridized carbons (Fsp3) is 0.348. The molecule has 0 saturated heterocycles. The molecule has 0 atom stereocenters. The van der Waals surface area contributed by atoms with Crippen molar-refractivity contribution in [3.05, 3.63) is 72.2 Å². The number of methoxy groups -OCH3 is 1. The van der Waals surface area contributed by atoms with E-state index in [0.717, 1.165) is 54.8 Å². The Bertz CT molecular complexity index is 926. The fourth-order valence-corrected chi connectivity index (χ4v) is 2.89. The van der Waals surface area contributed by atoms with Gasteiger partial charge in [0.2, 0.25) is 0 Å². The van der Waals surface area contributed by atoms with Crippen LogP contribution in [-0.2, 0) is 17.8 Å². The maximum absolute atomic E-state index is 5.42. The van der Waals surface area contributed by atoms with E-state index in [4.69, 9.17) is 14.5 Å². The number of rotatable bonds is 11. The summed E-state index contributed by atoms with van der Waals surface area (Å²) in [5, 5.41) is 11.0. The summed E-state index contributed by atoms with van der Waals surface area (Å²) in [5.74, 6) is 2.37. The van der Waals surface area contributed by atoms with Crippen LogP contribution in [0.4, 0.5) is 0 Å². The Morgan fingerprint density at radius 1 is 1.10 bits per heavy atom. The third-order valence-electron chi connectivity index (χ3n) is 4.55. The van der Waals surface area contributed by atoms with Crippen LogP contribution < -0.4 is 15.4 Å². The van der Waals surface area contributed by atoms with Crippen molar-refractivity contribution >= 4 is 5.96 Å². The molecular weight excluding hydrogens is 392 g/mol. The normalized spacial score (nSPS) is 11.4. The van der Waals surface area contributed by atoms with Crippen molar-refractivity contribution in [2.45, 2.75) is 26.4 Å². The quantitative estimate of drug-likeness (QED) is 0.281. The van der Waals surface area contributed by atoms with Crippen molar-refractivity contribution in [3.63, 3.8) is 0 Å². The molecule has 164 valence electrons. The van der Waals surface area contributed by atoms with Gasteiger partial charge in [0, 0.05) is 44.9 Å². The molecule has 0 spiro atoms. The van der Waals surface area contributed by atoms with Crippen molar-refractivity contribution in [3.8, 4) is 11.6 Å². The zero-order valence-corrected chi connectivity index (χ0v) is 18.1. The standard InChI is InChI=1S/C23H30N6O2/c1-3-31-15-5-11-25-23(26-17-19-6-8-21(30-2)9-7-19)27-18-20-10-13-24-22(16-20)29-14-4-12-28-29/h4,6-10,12-14,16H,3,5,11,15,17-18H2,1-2H3,(H2,25,26,27). The number of hydrogen-bond donors (Lipinski definition) is 2. The van der Waals surface area contributed by atoms with Gasteiger partial charge in [-0.25, -0.2) is 14.7 Å². The van der Waals surface area contributed by atoms with Gasteiger partial charge in [-0.15, -0.1) is 0 Å². The van der Waals surface area contributed by atoms with Crippen molar-refractivity contribution in [1.82, 2.24) is 25.4 Å². The van der Waals surface area contributed by atoms with Crippen LogP contribution in [0.15, 0.2) is 66.0 Å². The first-order valence-electron chi connectivity index (χ1n) is 10.5. The zero-order chi connectivity index (χ0) is 21.7. The molecule has 0 bridgehead atoms. The van der Waals surface area contributed by atoms with Crippen LogP contribution in [0.2, 0.25) is 0 Å². The molecule has 0 aliphatic carbocycles. The number of aliphatic imine (C=N–C) groups is 1. The molecular formula is C23H30N6O2. The summed E-state index contributed by atoms with van der Waals surface area (Å²) in [6.07, 6.45) is 6.30. The van der Waals surface area contributed by atoms with Gasteiger partial charge in [-0.05, 0) is 54.8 Å². The highest BCUT2D eigenvalue weighted by atomic mass is 16.5. The Kier molecular flexibility index (Phi) is 8.88. The van der Waals surface area contributed by atoms with E-state index in [1.54, 1.807) is 24.2 Å². The molecule has 0 amide bonds. The average Bonchev–Trinajstić information content (AvgIpc) is 3.36. The van der Waals surface area contributed by atoms with Crippen LogP contribution in [0.3, 0.4) is 0 Å². The number of benzene rings is 1. The van der Waals surface area contributed by atoms with Gasteiger partial charge < -0.3 is 20.1 Å². The van der Waals surface area contributed by atoms with E-state index < -0.39 is 0 Å². The Labute approximate surface area is 183 Å². The number of nitrogens with zero attached hydrogens (tertiary/aromatic N) is 4. The molecule has 8 nitrogen and oxygen atoms in total. The smallest absolute Gasteiger partial charge is 0.191 e. The zero-order valence-electron chi connectivity index (χ0n) is 18.1. The predicted octanol–water partition coefficient (Wildman–Crippen LogP) is 2.94. The first kappa shape index (κ1) is 22.3. The monoisotopic (exact) mass is 422 g/mol. The summed E-state index contributed by atoms with van der Waals surface area (Å²) in [7, 11) is 1.67. The van der Waals surface area contributed by atoms with Gasteiger partial charge in [-0.2, -0.15) is 5.10 Å². The number of ether oxygens (including phenoxy) is 2. The van der Waals surface area contributed by atoms with Gasteiger partial charge in [-0.3, -0.25) is 0 Å². The number of nitrogens with one attached hydrogen (secondary N) is 2. The average molecular weight is 423 g/mol. The number of guanidine groups is 1. The second-order valence-electron chi connectivity index (χ2n) is 6.82. The van der Waals surface area contributed by atoms with Crippen LogP contribution in [0, 0.1) is 0 Å². The van der Waals surface area contributed by atoms with Crippen molar-refractivity contribution < 1.29 is 9.47 Å². The SMILES string of the molecule is CCOCCCNC(=NCc1ccnc(-n2cccn2)c1)NCc1ccc(OC)cc1. The molecule has 2 heterocycles. The number of pyridine rings is 1. The van der Waals surface area contributed by atoms with Crippen LogP contribution >= 0.6 is 0 Å². The Balaban J connectivity index is 1.62. The minimum Gasteiger partial charge on any atom is -0.497 e. The lowest BCUT2D eigenvalue weighted by Crippen LogP contribution is -2.37. The van der Waals surface area contributed by atoms with Crippen LogP contribution in [0.1, 0.15) is 24.5 Å². The molecule has 0 unspecified atom stereocenters. The van der Waals surface area contributed by atoms with Crippen LogP contribution in [-0.4, -0.2) is 47.6 Å². The predicted molar refractivity (Wildman–Crippen MR) is 121 cm³/mol. The molecule has 3 aromatic rings. The Morgan fingerprint density at radius 3 is 2.71 bits per heavy atom. The molecule has 0 radical (unpaired) electrons. The third-order valence-corrected chi connectivity index (χ3v) is 4.55. The minimum atomic E-state index is 0.528. The first-order chi connectivity index (χ1) is 15.3. The van der Waals surface area contributed by atoms with Crippen molar-refractivity contribution in [1.29, 1.82) is 0 Å². The van der Waals surface area contributed by atoms with Gasteiger partial charge in [0.25, 0.3) is 0 Å². The van der Waals surface area contributed by atoms with E-state index in [0.29, 0.717) is 13.1 Å². The topological polar surface area (TPSA) is 85.6 Å². The summed E-state index contributed by atoms with van der Waals surface area (Å²) in [5.41, 5.74) is 2.20. The van der Waals surface area contributed by atoms with Gasteiger partial charge >= 0.3 is 0 Å². The molecule has 2 aromatic heterocycles. The summed E-state index contributed by atoms with van der Waals surface area (Å²) >= 11 is 0. The van der Waals surface area contributed by atoms with E-state index in [9.17, 15) is 0 Å². The Hall–Kier alpha value is -3.39. The van der Waals surface area contributed by atoms with Crippen molar-refractivity contribution in [2.24, 2.45) is 4.99 Å². The maximum atomic E-state index is 5.42. The summed E-state index contributed by atoms with van der Waals surface area (Å²) < 4.78 is 12.4. The second kappa shape index (κ2) is 12.3. The molecule has 3 rings (SSSR count). The molecule has 8 heteroatoms. The highest BCUT2D eigenvalue weighted by molar-refractivity contribution is 5.79. The van der Waals surface area contributed by atoms with Crippen LogP contribution in [0.25, 0.3) is 5.82 Å². The lowest BCUT2D eigenvalue weighted by Gasteiger charge is -2.13. The van der Waals surface area contributed by atoms with Gasteiger partial charge in [-0.1, -0.05) is 12.1 Å². The van der Waals surface area contributed by atoms with Crippen molar-refractivity contribution in [2.75, 3.05) is 26.9 Å². The van der Waals surface area contributed by atoms with E-state index in [1.165, 1.54) is 0 Å². The highest BCUT2D eigenvalue weighted by Crippen LogP contribution is 2.11. The first-order valence-corrected chi connectivity index (χ1v) is 10.5. The largest absolute Gasteiger partial charge is 0.497 e. The van der Waals surface area contributed by atoms with Gasteiger partial charge in [0.05, 0.1) is 13.7 Å². The third kappa shape index (κ3) is 7.42. The van der Waals surface area contributed by atoms with E-state index >= 15 is 0 Å². The molecule has 1 aromatic carbocycles. The minimum absolute atomic E-state index is 0.528. The summed E-state index contributed by atoms with van der Waals surface area (Å²) in [6.45, 7) is 5.44. The number of hydrogen-bond acceptors (Lipinski definition) is 5. The summed E-state index contributed by atoms with van der Waals surface area (Å²) in [6, 6.07) is 13.8. The lowest BCUT2D eigenvalue weighted by atomic mass is 10.2. The van der Waals surface area contributed by atoms with Crippen LogP contribution in [0.5, 0.6) is 5.75 Å². The van der Waals surface area contributed by atoms with E-state index in [1.807, 2.05) is 55.6 Å². The molecule has 0 aliphatic heterocycles. The maximum Gasteiger partial charge on any atom is 0.191 e. The highest BCUT2D eigenvalue weighted by Gasteiger charge is 2.03.